The highest BCUT2D eigenvalue weighted by molar-refractivity contribution is 6.47. The van der Waals surface area contributed by atoms with Gasteiger partial charge in [-0.3, -0.25) is 4.79 Å². The van der Waals surface area contributed by atoms with Crippen LogP contribution in [0.1, 0.15) is 28.5 Å². The molecule has 0 unspecified atom stereocenters. The highest BCUT2D eigenvalue weighted by atomic mass is 16.6. The molecule has 2 aromatic carbocycles. The fraction of sp³-hybridized carbons (Fsp3) is 0.143. The Labute approximate surface area is 162 Å². The van der Waals surface area contributed by atoms with Crippen LogP contribution in [0, 0.1) is 0 Å². The molecule has 0 aliphatic rings. The minimum atomic E-state index is -0.187. The maximum absolute atomic E-state index is 12.5. The van der Waals surface area contributed by atoms with Gasteiger partial charge in [0.25, 0.3) is 0 Å². The molecule has 0 bridgehead atoms. The predicted molar refractivity (Wildman–Crippen MR) is 105 cm³/mol. The van der Waals surface area contributed by atoms with E-state index in [1.54, 1.807) is 37.3 Å². The molecule has 0 N–H and O–H groups in total. The Balaban J connectivity index is 1.84. The molecule has 3 rings (SSSR count). The number of rotatable bonds is 7. The summed E-state index contributed by atoms with van der Waals surface area (Å²) in [7, 11) is 2.93. The zero-order valence-corrected chi connectivity index (χ0v) is 15.7. The predicted octanol–water partition coefficient (Wildman–Crippen LogP) is 3.95. The van der Waals surface area contributed by atoms with Crippen LogP contribution < -0.4 is 0 Å². The fourth-order valence-electron chi connectivity index (χ4n) is 2.65. The van der Waals surface area contributed by atoms with Crippen LogP contribution in [0.15, 0.2) is 75.5 Å². The number of carbonyl (C=O) groups excluding carboxylic acids is 1. The van der Waals surface area contributed by atoms with Gasteiger partial charge in [0.05, 0.1) is 0 Å². The number of benzene rings is 2. The van der Waals surface area contributed by atoms with Crippen LogP contribution in [0.25, 0.3) is 11.3 Å². The van der Waals surface area contributed by atoms with Crippen LogP contribution >= 0.6 is 0 Å². The maximum atomic E-state index is 12.5. The number of ketones is 1. The average molecular weight is 377 g/mol. The van der Waals surface area contributed by atoms with Gasteiger partial charge in [-0.05, 0) is 6.92 Å². The van der Waals surface area contributed by atoms with Crippen molar-refractivity contribution in [3.8, 4) is 11.3 Å². The van der Waals surface area contributed by atoms with Gasteiger partial charge in [0.2, 0.25) is 5.78 Å². The van der Waals surface area contributed by atoms with Crippen molar-refractivity contribution < 1.29 is 19.0 Å². The zero-order chi connectivity index (χ0) is 19.9. The Morgan fingerprint density at radius 2 is 1.61 bits per heavy atom. The number of hydrogen-bond donors (Lipinski definition) is 0. The summed E-state index contributed by atoms with van der Waals surface area (Å²) >= 11 is 0. The summed E-state index contributed by atoms with van der Waals surface area (Å²) in [6, 6.07) is 18.0. The molecule has 0 amide bonds. The second-order valence-corrected chi connectivity index (χ2v) is 5.83. The van der Waals surface area contributed by atoms with Crippen molar-refractivity contribution in [2.24, 2.45) is 10.3 Å². The lowest BCUT2D eigenvalue weighted by Crippen LogP contribution is -2.13. The zero-order valence-electron chi connectivity index (χ0n) is 15.7. The molecule has 1 heterocycles. The van der Waals surface area contributed by atoms with Gasteiger partial charge in [0, 0.05) is 22.8 Å². The molecule has 7 nitrogen and oxygen atoms in total. The fourth-order valence-corrected chi connectivity index (χ4v) is 2.65. The third-order valence-electron chi connectivity index (χ3n) is 3.98. The Kier molecular flexibility index (Phi) is 5.96. The van der Waals surface area contributed by atoms with Crippen LogP contribution in [0.3, 0.4) is 0 Å². The molecular formula is C21H19N3O4. The molecule has 0 fully saturated rings. The summed E-state index contributed by atoms with van der Waals surface area (Å²) in [5.41, 5.74) is 3.52. The lowest BCUT2D eigenvalue weighted by molar-refractivity contribution is 0.103. The van der Waals surface area contributed by atoms with Gasteiger partial charge < -0.3 is 14.2 Å². The van der Waals surface area contributed by atoms with Crippen LogP contribution in [0.2, 0.25) is 0 Å². The van der Waals surface area contributed by atoms with E-state index < -0.39 is 0 Å². The van der Waals surface area contributed by atoms with Gasteiger partial charge in [0.15, 0.2) is 11.5 Å². The molecule has 0 atom stereocenters. The normalized spacial score (nSPS) is 12.0. The first-order valence-corrected chi connectivity index (χ1v) is 8.50. The molecular weight excluding hydrogens is 358 g/mol. The van der Waals surface area contributed by atoms with E-state index in [-0.39, 0.29) is 11.5 Å². The van der Waals surface area contributed by atoms with Crippen LogP contribution in [-0.4, -0.2) is 36.6 Å². The molecule has 0 aliphatic heterocycles. The second kappa shape index (κ2) is 8.77. The Morgan fingerprint density at radius 1 is 0.929 bits per heavy atom. The average Bonchev–Trinajstić information content (AvgIpc) is 3.22. The molecule has 1 aromatic heterocycles. The Hall–Kier alpha value is -3.74. The number of oxime groups is 2. The first-order chi connectivity index (χ1) is 13.6. The van der Waals surface area contributed by atoms with Crippen molar-refractivity contribution >= 4 is 17.2 Å². The van der Waals surface area contributed by atoms with E-state index >= 15 is 0 Å². The van der Waals surface area contributed by atoms with E-state index in [0.29, 0.717) is 22.7 Å². The van der Waals surface area contributed by atoms with Crippen molar-refractivity contribution in [2.75, 3.05) is 14.2 Å². The standard InChI is InChI=1S/C21H19N3O4/c1-14(22-26-2)20(24-27-3)16-11-9-15(10-12-16)19-13-18(23-28-19)21(25)17-7-5-4-6-8-17/h4-13H,1-3H3/b22-14+,24-20-. The van der Waals surface area contributed by atoms with E-state index in [2.05, 4.69) is 15.5 Å². The van der Waals surface area contributed by atoms with Gasteiger partial charge in [-0.25, -0.2) is 0 Å². The van der Waals surface area contributed by atoms with Gasteiger partial charge in [-0.15, -0.1) is 0 Å². The molecule has 28 heavy (non-hydrogen) atoms. The second-order valence-electron chi connectivity index (χ2n) is 5.83. The summed E-state index contributed by atoms with van der Waals surface area (Å²) in [5, 5.41) is 11.8. The molecule has 0 radical (unpaired) electrons. The Bertz CT molecular complexity index is 1010. The van der Waals surface area contributed by atoms with Gasteiger partial charge in [-0.1, -0.05) is 70.1 Å². The summed E-state index contributed by atoms with van der Waals surface area (Å²) < 4.78 is 5.36. The minimum Gasteiger partial charge on any atom is -0.399 e. The van der Waals surface area contributed by atoms with Crippen molar-refractivity contribution in [2.45, 2.75) is 6.92 Å². The maximum Gasteiger partial charge on any atom is 0.214 e. The lowest BCUT2D eigenvalue weighted by Gasteiger charge is -2.05. The number of hydrogen-bond acceptors (Lipinski definition) is 7. The summed E-state index contributed by atoms with van der Waals surface area (Å²) in [5.74, 6) is 0.312. The molecule has 0 spiro atoms. The highest BCUT2D eigenvalue weighted by Crippen LogP contribution is 2.22. The van der Waals surface area contributed by atoms with Crippen LogP contribution in [-0.2, 0) is 9.68 Å². The molecule has 142 valence electrons. The monoisotopic (exact) mass is 377 g/mol. The van der Waals surface area contributed by atoms with Crippen molar-refractivity contribution in [1.29, 1.82) is 0 Å². The molecule has 0 aliphatic carbocycles. The first kappa shape index (κ1) is 19.0. The largest absolute Gasteiger partial charge is 0.399 e. The molecule has 0 saturated heterocycles. The number of aromatic nitrogens is 1. The van der Waals surface area contributed by atoms with Gasteiger partial charge >= 0.3 is 0 Å². The quantitative estimate of drug-likeness (QED) is 0.354. The molecule has 3 aromatic rings. The lowest BCUT2D eigenvalue weighted by atomic mass is 10.0. The number of nitrogens with zero attached hydrogens (tertiary/aromatic N) is 3. The topological polar surface area (TPSA) is 86.3 Å². The molecule has 7 heteroatoms. The smallest absolute Gasteiger partial charge is 0.214 e. The summed E-state index contributed by atoms with van der Waals surface area (Å²) in [4.78, 5) is 22.2. The van der Waals surface area contributed by atoms with Crippen LogP contribution in [0.4, 0.5) is 0 Å². The highest BCUT2D eigenvalue weighted by Gasteiger charge is 2.16. The third kappa shape index (κ3) is 4.15. The Morgan fingerprint density at radius 3 is 2.25 bits per heavy atom. The SMILES string of the molecule is CO/N=C(C)/C(=N/OC)c1ccc(-c2cc(C(=O)c3ccccc3)no2)cc1. The third-order valence-corrected chi connectivity index (χ3v) is 3.98. The van der Waals surface area contributed by atoms with E-state index in [1.165, 1.54) is 14.2 Å². The van der Waals surface area contributed by atoms with Crippen molar-refractivity contribution in [1.82, 2.24) is 5.16 Å². The van der Waals surface area contributed by atoms with E-state index in [4.69, 9.17) is 14.2 Å². The van der Waals surface area contributed by atoms with Crippen LogP contribution in [0.5, 0.6) is 0 Å². The number of carbonyl (C=O) groups is 1. The van der Waals surface area contributed by atoms with Crippen molar-refractivity contribution in [3.63, 3.8) is 0 Å². The van der Waals surface area contributed by atoms with Gasteiger partial charge in [0.1, 0.15) is 25.6 Å². The summed E-state index contributed by atoms with van der Waals surface area (Å²) in [6.07, 6.45) is 0. The first-order valence-electron chi connectivity index (χ1n) is 8.50. The van der Waals surface area contributed by atoms with Gasteiger partial charge in [-0.2, -0.15) is 0 Å². The summed E-state index contributed by atoms with van der Waals surface area (Å²) in [6.45, 7) is 1.77. The molecule has 0 saturated carbocycles. The van der Waals surface area contributed by atoms with Crippen molar-refractivity contribution in [3.05, 3.63) is 77.5 Å². The van der Waals surface area contributed by atoms with E-state index in [9.17, 15) is 4.79 Å². The van der Waals surface area contributed by atoms with E-state index in [1.807, 2.05) is 30.3 Å². The van der Waals surface area contributed by atoms with E-state index in [0.717, 1.165) is 11.1 Å². The minimum absolute atomic E-state index is 0.187.